The van der Waals surface area contributed by atoms with Gasteiger partial charge in [0.25, 0.3) is 0 Å². The fourth-order valence-electron chi connectivity index (χ4n) is 2.95. The van der Waals surface area contributed by atoms with Gasteiger partial charge >= 0.3 is 0 Å². The highest BCUT2D eigenvalue weighted by atomic mass is 32.1. The van der Waals surface area contributed by atoms with Crippen LogP contribution in [0.15, 0.2) is 40.1 Å². The minimum atomic E-state index is -0.00832. The summed E-state index contributed by atoms with van der Waals surface area (Å²) in [5.74, 6) is 1.40. The summed E-state index contributed by atoms with van der Waals surface area (Å²) in [7, 11) is 0. The molecule has 23 heavy (non-hydrogen) atoms. The van der Waals surface area contributed by atoms with Crippen LogP contribution >= 0.6 is 11.3 Å². The van der Waals surface area contributed by atoms with Crippen molar-refractivity contribution in [3.63, 3.8) is 0 Å². The summed E-state index contributed by atoms with van der Waals surface area (Å²) in [5, 5.41) is 11.5. The van der Waals surface area contributed by atoms with E-state index < -0.39 is 0 Å². The third kappa shape index (κ3) is 3.04. The molecule has 4 rings (SSSR count). The number of aromatic nitrogens is 3. The van der Waals surface area contributed by atoms with Gasteiger partial charge in [0.1, 0.15) is 0 Å². The van der Waals surface area contributed by atoms with Gasteiger partial charge in [-0.3, -0.25) is 0 Å². The third-order valence-corrected chi connectivity index (χ3v) is 4.84. The molecule has 0 aliphatic carbocycles. The van der Waals surface area contributed by atoms with Gasteiger partial charge in [0.15, 0.2) is 0 Å². The quantitative estimate of drug-likeness (QED) is 0.731. The molecule has 1 aliphatic rings. The van der Waals surface area contributed by atoms with E-state index in [-0.39, 0.29) is 12.0 Å². The van der Waals surface area contributed by atoms with E-state index in [1.165, 1.54) is 0 Å². The van der Waals surface area contributed by atoms with Gasteiger partial charge in [-0.05, 0) is 18.9 Å². The number of aryl methyl sites for hydroxylation is 1. The van der Waals surface area contributed by atoms with Gasteiger partial charge < -0.3 is 9.15 Å². The van der Waals surface area contributed by atoms with Gasteiger partial charge in [-0.2, -0.15) is 0 Å². The van der Waals surface area contributed by atoms with Gasteiger partial charge in [-0.25, -0.2) is 4.98 Å². The van der Waals surface area contributed by atoms with Crippen LogP contribution in [0.1, 0.15) is 46.5 Å². The van der Waals surface area contributed by atoms with Gasteiger partial charge in [0.2, 0.25) is 11.8 Å². The second-order valence-electron chi connectivity index (χ2n) is 5.67. The Kier molecular flexibility index (Phi) is 3.93. The molecular weight excluding hydrogens is 310 g/mol. The maximum atomic E-state index is 5.90. The average Bonchev–Trinajstić information content (AvgIpc) is 3.29. The average molecular weight is 327 g/mol. The third-order valence-electron chi connectivity index (χ3n) is 4.02. The maximum absolute atomic E-state index is 5.90. The Balaban J connectivity index is 1.53. The van der Waals surface area contributed by atoms with Crippen LogP contribution < -0.4 is 0 Å². The lowest BCUT2D eigenvalue weighted by Crippen LogP contribution is -2.06. The Morgan fingerprint density at radius 2 is 2.09 bits per heavy atom. The molecule has 2 aromatic heterocycles. The first-order valence-corrected chi connectivity index (χ1v) is 8.57. The number of hydrogen-bond donors (Lipinski definition) is 0. The Labute approximate surface area is 138 Å². The minimum Gasteiger partial charge on any atom is -0.424 e. The molecule has 0 unspecified atom stereocenters. The van der Waals surface area contributed by atoms with Crippen molar-refractivity contribution in [1.29, 1.82) is 0 Å². The van der Waals surface area contributed by atoms with Crippen molar-refractivity contribution >= 4 is 11.3 Å². The first-order chi connectivity index (χ1) is 11.3. The summed E-state index contributed by atoms with van der Waals surface area (Å²) < 4.78 is 11.8. The normalized spacial score (nSPS) is 20.9. The van der Waals surface area contributed by atoms with Crippen molar-refractivity contribution in [2.75, 3.05) is 6.61 Å². The highest BCUT2D eigenvalue weighted by Gasteiger charge is 2.34. The van der Waals surface area contributed by atoms with Crippen LogP contribution in [0.5, 0.6) is 0 Å². The molecular formula is C17H17N3O2S. The van der Waals surface area contributed by atoms with Crippen LogP contribution in [-0.4, -0.2) is 21.8 Å². The molecule has 0 N–H and O–H groups in total. The zero-order valence-electron chi connectivity index (χ0n) is 12.8. The summed E-state index contributed by atoms with van der Waals surface area (Å²) in [4.78, 5) is 4.44. The van der Waals surface area contributed by atoms with Crippen LogP contribution in [0.4, 0.5) is 0 Å². The van der Waals surface area contributed by atoms with Crippen LogP contribution in [-0.2, 0) is 11.2 Å². The monoisotopic (exact) mass is 327 g/mol. The number of ether oxygens (including phenoxy) is 1. The number of benzene rings is 1. The maximum Gasteiger partial charge on any atom is 0.222 e. The standard InChI is InChI=1S/C17H17N3O2S/c1-11-18-13(10-23-11)9-15-19-20-17(22-15)14-7-8-21-16(14)12-5-3-2-4-6-12/h2-6,10,14,16H,7-9H2,1H3/t14-,16+/m0/s1. The molecule has 5 nitrogen and oxygen atoms in total. The number of rotatable bonds is 4. The fraction of sp³-hybridized carbons (Fsp3) is 0.353. The lowest BCUT2D eigenvalue weighted by Gasteiger charge is -2.15. The van der Waals surface area contributed by atoms with E-state index in [0.717, 1.165) is 22.7 Å². The summed E-state index contributed by atoms with van der Waals surface area (Å²) in [5.41, 5.74) is 2.13. The molecule has 0 amide bonds. The second-order valence-corrected chi connectivity index (χ2v) is 6.73. The molecule has 0 saturated carbocycles. The molecule has 0 radical (unpaired) electrons. The lowest BCUT2D eigenvalue weighted by atomic mass is 9.95. The van der Waals surface area contributed by atoms with Gasteiger partial charge in [0, 0.05) is 12.0 Å². The van der Waals surface area contributed by atoms with E-state index in [1.54, 1.807) is 11.3 Å². The molecule has 0 bridgehead atoms. The highest BCUT2D eigenvalue weighted by molar-refractivity contribution is 7.09. The molecule has 6 heteroatoms. The molecule has 3 aromatic rings. The molecule has 118 valence electrons. The predicted molar refractivity (Wildman–Crippen MR) is 86.4 cm³/mol. The SMILES string of the molecule is Cc1nc(Cc2nnc([C@H]3CCO[C@@H]3c3ccccc3)o2)cs1. The van der Waals surface area contributed by atoms with E-state index in [0.29, 0.717) is 24.8 Å². The lowest BCUT2D eigenvalue weighted by molar-refractivity contribution is 0.0997. The Bertz CT molecular complexity index is 784. The van der Waals surface area contributed by atoms with Crippen LogP contribution in [0, 0.1) is 6.92 Å². The van der Waals surface area contributed by atoms with Crippen molar-refractivity contribution in [1.82, 2.24) is 15.2 Å². The first-order valence-electron chi connectivity index (χ1n) is 7.69. The fourth-order valence-corrected chi connectivity index (χ4v) is 3.56. The molecule has 3 heterocycles. The van der Waals surface area contributed by atoms with Crippen molar-refractivity contribution in [2.24, 2.45) is 0 Å². The molecule has 1 fully saturated rings. The zero-order valence-corrected chi connectivity index (χ0v) is 13.6. The van der Waals surface area contributed by atoms with Crippen molar-refractivity contribution in [3.8, 4) is 0 Å². The Hall–Kier alpha value is -2.05. The van der Waals surface area contributed by atoms with Gasteiger partial charge in [-0.15, -0.1) is 21.5 Å². The minimum absolute atomic E-state index is 0.00832. The van der Waals surface area contributed by atoms with E-state index in [4.69, 9.17) is 9.15 Å². The molecule has 2 atom stereocenters. The number of hydrogen-bond acceptors (Lipinski definition) is 6. The Morgan fingerprint density at radius 3 is 2.87 bits per heavy atom. The Morgan fingerprint density at radius 1 is 1.22 bits per heavy atom. The molecule has 1 aromatic carbocycles. The number of nitrogens with zero attached hydrogens (tertiary/aromatic N) is 3. The first kappa shape index (κ1) is 14.5. The van der Waals surface area contributed by atoms with Gasteiger partial charge in [0.05, 0.1) is 29.1 Å². The second kappa shape index (κ2) is 6.22. The number of thiazole rings is 1. The van der Waals surface area contributed by atoms with E-state index in [1.807, 2.05) is 30.5 Å². The summed E-state index contributed by atoms with van der Waals surface area (Å²) >= 11 is 1.63. The largest absolute Gasteiger partial charge is 0.424 e. The van der Waals surface area contributed by atoms with Crippen LogP contribution in [0.3, 0.4) is 0 Å². The molecule has 1 saturated heterocycles. The van der Waals surface area contributed by atoms with Crippen molar-refractivity contribution in [3.05, 3.63) is 63.8 Å². The van der Waals surface area contributed by atoms with Crippen molar-refractivity contribution < 1.29 is 9.15 Å². The smallest absolute Gasteiger partial charge is 0.222 e. The van der Waals surface area contributed by atoms with Crippen molar-refractivity contribution in [2.45, 2.75) is 31.8 Å². The molecule has 0 spiro atoms. The van der Waals surface area contributed by atoms with Gasteiger partial charge in [-0.1, -0.05) is 30.3 Å². The summed E-state index contributed by atoms with van der Waals surface area (Å²) in [6.07, 6.45) is 1.48. The van der Waals surface area contributed by atoms with E-state index >= 15 is 0 Å². The van der Waals surface area contributed by atoms with Crippen LogP contribution in [0.25, 0.3) is 0 Å². The topological polar surface area (TPSA) is 61.0 Å². The van der Waals surface area contributed by atoms with E-state index in [9.17, 15) is 0 Å². The zero-order chi connectivity index (χ0) is 15.6. The van der Waals surface area contributed by atoms with Crippen LogP contribution in [0.2, 0.25) is 0 Å². The summed E-state index contributed by atoms with van der Waals surface area (Å²) in [6.45, 7) is 2.71. The van der Waals surface area contributed by atoms with E-state index in [2.05, 4.69) is 27.3 Å². The predicted octanol–water partition coefficient (Wildman–Crippen LogP) is 3.67. The summed E-state index contributed by atoms with van der Waals surface area (Å²) in [6, 6.07) is 10.2. The molecule has 1 aliphatic heterocycles. The highest BCUT2D eigenvalue weighted by Crippen LogP contribution is 2.41.